The van der Waals surface area contributed by atoms with Crippen molar-refractivity contribution in [3.05, 3.63) is 205 Å². The molecule has 9 aromatic rings. The first-order valence-corrected chi connectivity index (χ1v) is 22.1. The minimum absolute atomic E-state index is 0. The molecule has 0 radical (unpaired) electrons. The molecule has 0 amide bonds. The van der Waals surface area contributed by atoms with Gasteiger partial charge in [0.2, 0.25) is 0 Å². The van der Waals surface area contributed by atoms with Gasteiger partial charge in [0.25, 0.3) is 0 Å². The van der Waals surface area contributed by atoms with Gasteiger partial charge in [-0.15, -0.1) is 41.4 Å². The third kappa shape index (κ3) is 8.63. The van der Waals surface area contributed by atoms with E-state index in [1.165, 1.54) is 11.1 Å². The maximum atomic E-state index is 8.52. The van der Waals surface area contributed by atoms with Gasteiger partial charge >= 0.3 is 0 Å². The summed E-state index contributed by atoms with van der Waals surface area (Å²) in [5.41, 5.74) is 12.7. The van der Waals surface area contributed by atoms with Gasteiger partial charge in [0.05, 0.1) is 0 Å². The van der Waals surface area contributed by atoms with Crippen molar-refractivity contribution in [2.24, 2.45) is 0 Å². The van der Waals surface area contributed by atoms with E-state index in [1.54, 1.807) is 6.07 Å². The molecule has 0 bridgehead atoms. The number of para-hydroxylation sites is 3. The van der Waals surface area contributed by atoms with Crippen LogP contribution in [-0.2, 0) is 38.3 Å². The molecule has 3 heterocycles. The van der Waals surface area contributed by atoms with Crippen LogP contribution in [0.5, 0.6) is 11.5 Å². The number of fused-ring (bicyclic) bond motifs is 4. The Balaban J connectivity index is 0.00000578. The molecule has 5 nitrogen and oxygen atoms in total. The molecule has 0 fully saturated rings. The van der Waals surface area contributed by atoms with Crippen molar-refractivity contribution >= 4 is 38.9 Å². The number of ether oxygens (including phenoxy) is 1. The van der Waals surface area contributed by atoms with Gasteiger partial charge in [-0.05, 0) is 111 Å². The summed E-state index contributed by atoms with van der Waals surface area (Å²) < 4.78 is 34.3. The van der Waals surface area contributed by atoms with Crippen molar-refractivity contribution < 1.29 is 29.9 Å². The number of anilines is 3. The van der Waals surface area contributed by atoms with Crippen LogP contribution in [-0.4, -0.2) is 16.1 Å². The molecule has 0 atom stereocenters. The summed E-state index contributed by atoms with van der Waals surface area (Å²) in [5.74, 6) is 1.90. The number of hydrogen-bond acceptors (Lipinski definition) is 4. The van der Waals surface area contributed by atoms with Crippen LogP contribution in [0.25, 0.3) is 49.9 Å². The molecule has 0 saturated heterocycles. The normalized spacial score (nSPS) is 13.6. The number of nitrogens with zero attached hydrogens (tertiary/aromatic N) is 4. The topological polar surface area (TPSA) is 33.5 Å². The van der Waals surface area contributed by atoms with Crippen molar-refractivity contribution in [2.75, 3.05) is 16.3 Å². The van der Waals surface area contributed by atoms with E-state index >= 15 is 0 Å². The van der Waals surface area contributed by atoms with Crippen molar-refractivity contribution in [3.8, 4) is 39.6 Å². The minimum Gasteiger partial charge on any atom is -0.509 e. The fraction of sp³-hybridized carbons (Fsp3) is 0.186. The maximum absolute atomic E-state index is 8.52. The Morgan fingerprint density at radius 1 is 0.631 bits per heavy atom. The fourth-order valence-electron chi connectivity index (χ4n) is 8.87. The monoisotopic (exact) mass is 1030 g/mol. The van der Waals surface area contributed by atoms with Crippen molar-refractivity contribution in [2.45, 2.75) is 65.6 Å². The maximum Gasteiger partial charge on any atom is 0.136 e. The molecule has 65 heavy (non-hydrogen) atoms. The summed E-state index contributed by atoms with van der Waals surface area (Å²) in [4.78, 5) is 9.21. The molecular weight excluding hydrogens is 976 g/mol. The van der Waals surface area contributed by atoms with Crippen LogP contribution in [0.2, 0.25) is 0 Å². The molecule has 328 valence electrons. The van der Waals surface area contributed by atoms with Gasteiger partial charge in [0.15, 0.2) is 0 Å². The summed E-state index contributed by atoms with van der Waals surface area (Å²) in [6, 6.07) is 60.9. The third-order valence-electron chi connectivity index (χ3n) is 12.4. The average Bonchev–Trinajstić information content (AvgIpc) is 3.85. The van der Waals surface area contributed by atoms with Crippen LogP contribution >= 0.6 is 0 Å². The second-order valence-electron chi connectivity index (χ2n) is 18.7. The Labute approximate surface area is 402 Å². The van der Waals surface area contributed by atoms with Crippen LogP contribution in [0.3, 0.4) is 0 Å². The molecule has 1 aliphatic rings. The van der Waals surface area contributed by atoms with E-state index in [9.17, 15) is 0 Å². The number of hydrogen-bond donors (Lipinski definition) is 0. The Kier molecular flexibility index (Phi) is 10.8. The average molecular weight is 1030 g/mol. The summed E-state index contributed by atoms with van der Waals surface area (Å²) in [5, 5.41) is 2.16. The second kappa shape index (κ2) is 17.5. The summed E-state index contributed by atoms with van der Waals surface area (Å²) in [7, 11) is 0. The van der Waals surface area contributed by atoms with Crippen molar-refractivity contribution in [1.29, 1.82) is 0 Å². The van der Waals surface area contributed by atoms with Crippen molar-refractivity contribution in [1.82, 2.24) is 9.55 Å². The quantitative estimate of drug-likeness (QED) is 0.135. The van der Waals surface area contributed by atoms with Crippen LogP contribution in [0.15, 0.2) is 164 Å². The van der Waals surface area contributed by atoms with Crippen LogP contribution in [0.4, 0.5) is 17.1 Å². The molecule has 7 aromatic carbocycles. The zero-order valence-electron chi connectivity index (χ0n) is 40.6. The van der Waals surface area contributed by atoms with E-state index in [0.717, 1.165) is 72.5 Å². The number of aromatic nitrogens is 2. The van der Waals surface area contributed by atoms with Crippen molar-refractivity contribution in [3.63, 3.8) is 0 Å². The van der Waals surface area contributed by atoms with Crippen LogP contribution < -0.4 is 14.5 Å². The predicted octanol–water partition coefficient (Wildman–Crippen LogP) is 15.1. The molecule has 0 spiro atoms. The summed E-state index contributed by atoms with van der Waals surface area (Å²) in [6.07, 6.45) is 2.40. The molecule has 6 heteroatoms. The molecule has 0 N–H and O–H groups in total. The SMILES string of the molecule is [2H]C([2H])([2H])c1cccc(-c2cccc(C(C)(C)C)c2)c1CCN1[CH-]N(c2[c-]c(Oc3[c-]c4c(cc3)c3ccccc3n4-c3cc(-c4ccc(C(C)(C)C)cc4)ccn3)ccc2)c2ccccc21.[Pt]. The van der Waals surface area contributed by atoms with E-state index < -0.39 is 6.85 Å². The molecule has 0 aliphatic carbocycles. The largest absolute Gasteiger partial charge is 0.509 e. The van der Waals surface area contributed by atoms with E-state index in [2.05, 4.69) is 184 Å². The predicted molar refractivity (Wildman–Crippen MR) is 266 cm³/mol. The minimum atomic E-state index is -2.26. The Hall–Kier alpha value is -6.42. The van der Waals surface area contributed by atoms with E-state index in [1.807, 2.05) is 48.7 Å². The zero-order chi connectivity index (χ0) is 46.7. The first-order valence-electron chi connectivity index (χ1n) is 23.6. The molecule has 10 rings (SSSR count). The van der Waals surface area contributed by atoms with E-state index in [0.29, 0.717) is 30.0 Å². The van der Waals surface area contributed by atoms with E-state index in [-0.39, 0.29) is 31.9 Å². The summed E-state index contributed by atoms with van der Waals surface area (Å²) >= 11 is 0. The molecular formula is C59H53N4OPt-3. The smallest absolute Gasteiger partial charge is 0.136 e. The first kappa shape index (κ1) is 40.1. The number of aryl methyl sites for hydroxylation is 1. The van der Waals surface area contributed by atoms with Gasteiger partial charge < -0.3 is 19.1 Å². The van der Waals surface area contributed by atoms with Gasteiger partial charge in [0.1, 0.15) is 5.82 Å². The Morgan fingerprint density at radius 2 is 1.37 bits per heavy atom. The van der Waals surface area contributed by atoms with Gasteiger partial charge in [-0.1, -0.05) is 144 Å². The number of benzene rings is 7. The zero-order valence-corrected chi connectivity index (χ0v) is 39.9. The van der Waals surface area contributed by atoms with Gasteiger partial charge in [0, 0.05) is 59.8 Å². The van der Waals surface area contributed by atoms with E-state index in [4.69, 9.17) is 13.8 Å². The van der Waals surface area contributed by atoms with Crippen LogP contribution in [0, 0.1) is 25.7 Å². The Bertz CT molecular complexity index is 3290. The molecule has 0 unspecified atom stereocenters. The molecule has 2 aromatic heterocycles. The fourth-order valence-corrected chi connectivity index (χ4v) is 8.87. The first-order chi connectivity index (χ1) is 32.1. The summed E-state index contributed by atoms with van der Waals surface area (Å²) in [6.45, 7) is 13.7. The van der Waals surface area contributed by atoms with Gasteiger partial charge in [-0.25, -0.2) is 4.98 Å². The number of pyridine rings is 1. The Morgan fingerprint density at radius 3 is 2.17 bits per heavy atom. The third-order valence-corrected chi connectivity index (χ3v) is 12.4. The molecule has 0 saturated carbocycles. The standard InChI is InChI=1S/C59H53N4O.Pt/c1-40-15-12-21-50(43-16-13-17-45(35-43)59(5,6)7)49(40)32-34-61-39-62(55-24-11-10-23-54(55)61)46-18-14-19-47(37-46)64-48-29-30-52-51-20-8-9-22-53(51)63(56(52)38-48)57-36-42(31-33-60-57)41-25-27-44(28-26-41)58(2,3)4;/h8-31,33,35-36,39H,32,34H2,1-7H3;/q-3;/i1D3;. The second-order valence-corrected chi connectivity index (χ2v) is 18.7. The molecule has 1 aliphatic heterocycles. The number of rotatable bonds is 9. The van der Waals surface area contributed by atoms with Gasteiger partial charge in [-0.2, -0.15) is 18.8 Å². The van der Waals surface area contributed by atoms with Crippen LogP contribution in [0.1, 0.15) is 67.9 Å². The van der Waals surface area contributed by atoms with Gasteiger partial charge in [-0.3, -0.25) is 0 Å².